The minimum absolute atomic E-state index is 0.126. The van der Waals surface area contributed by atoms with Crippen molar-refractivity contribution in [3.05, 3.63) is 12.2 Å². The Morgan fingerprint density at radius 1 is 1.50 bits per heavy atom. The van der Waals surface area contributed by atoms with Gasteiger partial charge in [0.1, 0.15) is 12.9 Å². The molecule has 0 aromatic carbocycles. The second kappa shape index (κ2) is 3.23. The van der Waals surface area contributed by atoms with Crippen LogP contribution in [0.25, 0.3) is 0 Å². The van der Waals surface area contributed by atoms with E-state index in [1.807, 2.05) is 27.8 Å². The third-order valence-corrected chi connectivity index (χ3v) is 1.28. The van der Waals surface area contributed by atoms with E-state index in [2.05, 4.69) is 10.1 Å². The van der Waals surface area contributed by atoms with Gasteiger partial charge < -0.3 is 4.74 Å². The van der Waals surface area contributed by atoms with Gasteiger partial charge in [-0.05, 0) is 20.8 Å². The summed E-state index contributed by atoms with van der Waals surface area (Å²) in [5.74, 6) is 0.729. The van der Waals surface area contributed by atoms with E-state index in [-0.39, 0.29) is 5.60 Å². The highest BCUT2D eigenvalue weighted by molar-refractivity contribution is 4.78. The van der Waals surface area contributed by atoms with E-state index in [1.54, 1.807) is 11.0 Å². The van der Waals surface area contributed by atoms with E-state index >= 15 is 0 Å². The third kappa shape index (κ3) is 3.00. The first-order valence-corrected chi connectivity index (χ1v) is 3.96. The fourth-order valence-corrected chi connectivity index (χ4v) is 0.731. The van der Waals surface area contributed by atoms with Gasteiger partial charge in [-0.1, -0.05) is 0 Å². The smallest absolute Gasteiger partial charge is 0.176 e. The number of aryl methyl sites for hydroxylation is 1. The Hall–Kier alpha value is -0.900. The lowest BCUT2D eigenvalue weighted by Crippen LogP contribution is -2.19. The molecule has 0 unspecified atom stereocenters. The molecule has 0 saturated heterocycles. The largest absolute Gasteiger partial charge is 0.368 e. The predicted octanol–water partition coefficient (Wildman–Crippen LogP) is 1.13. The third-order valence-electron chi connectivity index (χ3n) is 1.28. The van der Waals surface area contributed by atoms with Crippen molar-refractivity contribution in [2.24, 2.45) is 7.05 Å². The van der Waals surface area contributed by atoms with E-state index in [9.17, 15) is 0 Å². The summed E-state index contributed by atoms with van der Waals surface area (Å²) in [6.45, 7) is 6.51. The Balaban J connectivity index is 2.44. The maximum Gasteiger partial charge on any atom is 0.176 e. The van der Waals surface area contributed by atoms with Crippen LogP contribution in [-0.2, 0) is 18.4 Å². The number of ether oxygens (including phenoxy) is 1. The van der Waals surface area contributed by atoms with Crippen LogP contribution in [0.4, 0.5) is 0 Å². The quantitative estimate of drug-likeness (QED) is 0.666. The average molecular weight is 169 g/mol. The van der Waals surface area contributed by atoms with Crippen molar-refractivity contribution in [2.75, 3.05) is 0 Å². The first kappa shape index (κ1) is 9.19. The van der Waals surface area contributed by atoms with Crippen molar-refractivity contribution in [3.63, 3.8) is 0 Å². The van der Waals surface area contributed by atoms with E-state index in [0.717, 1.165) is 5.82 Å². The standard InChI is InChI=1S/C8H15N3O/c1-8(2,3)12-5-7-9-6-11(4)10-7/h6H,5H2,1-4H3. The maximum absolute atomic E-state index is 5.49. The highest BCUT2D eigenvalue weighted by atomic mass is 16.5. The summed E-state index contributed by atoms with van der Waals surface area (Å²) in [5, 5.41) is 4.09. The minimum atomic E-state index is -0.126. The zero-order chi connectivity index (χ0) is 9.19. The van der Waals surface area contributed by atoms with Crippen LogP contribution in [0.15, 0.2) is 6.33 Å². The molecule has 0 spiro atoms. The zero-order valence-electron chi connectivity index (χ0n) is 8.03. The van der Waals surface area contributed by atoms with E-state index < -0.39 is 0 Å². The van der Waals surface area contributed by atoms with Gasteiger partial charge in [0.25, 0.3) is 0 Å². The van der Waals surface area contributed by atoms with Gasteiger partial charge in [-0.2, -0.15) is 5.10 Å². The molecule has 68 valence electrons. The Morgan fingerprint density at radius 3 is 2.58 bits per heavy atom. The van der Waals surface area contributed by atoms with Crippen molar-refractivity contribution in [1.29, 1.82) is 0 Å². The zero-order valence-corrected chi connectivity index (χ0v) is 8.03. The number of aromatic nitrogens is 3. The average Bonchev–Trinajstić information content (AvgIpc) is 2.30. The molecule has 1 aromatic rings. The van der Waals surface area contributed by atoms with Crippen LogP contribution >= 0.6 is 0 Å². The van der Waals surface area contributed by atoms with Crippen LogP contribution in [0, 0.1) is 0 Å². The highest BCUT2D eigenvalue weighted by Gasteiger charge is 2.11. The van der Waals surface area contributed by atoms with Crippen molar-refractivity contribution >= 4 is 0 Å². The van der Waals surface area contributed by atoms with Crippen LogP contribution in [0.5, 0.6) is 0 Å². The Labute approximate surface area is 72.6 Å². The molecule has 0 fully saturated rings. The molecule has 0 atom stereocenters. The molecule has 0 amide bonds. The summed E-state index contributed by atoms with van der Waals surface area (Å²) in [4.78, 5) is 4.05. The lowest BCUT2D eigenvalue weighted by molar-refractivity contribution is -0.0181. The topological polar surface area (TPSA) is 39.9 Å². The van der Waals surface area contributed by atoms with Gasteiger partial charge in [-0.15, -0.1) is 0 Å². The molecule has 12 heavy (non-hydrogen) atoms. The summed E-state index contributed by atoms with van der Waals surface area (Å²) in [7, 11) is 1.84. The summed E-state index contributed by atoms with van der Waals surface area (Å²) in [6, 6.07) is 0. The molecular formula is C8H15N3O. The second-order valence-corrected chi connectivity index (χ2v) is 3.74. The molecule has 1 aromatic heterocycles. The first-order valence-electron chi connectivity index (χ1n) is 3.96. The van der Waals surface area contributed by atoms with E-state index in [4.69, 9.17) is 4.74 Å². The predicted molar refractivity (Wildman–Crippen MR) is 45.5 cm³/mol. The summed E-state index contributed by atoms with van der Waals surface area (Å²) >= 11 is 0. The van der Waals surface area contributed by atoms with Crippen molar-refractivity contribution in [1.82, 2.24) is 14.8 Å². The summed E-state index contributed by atoms with van der Waals surface area (Å²) in [5.41, 5.74) is -0.126. The Morgan fingerprint density at radius 2 is 2.17 bits per heavy atom. The first-order chi connectivity index (χ1) is 5.47. The van der Waals surface area contributed by atoms with Crippen LogP contribution in [0.2, 0.25) is 0 Å². The van der Waals surface area contributed by atoms with Gasteiger partial charge in [0.05, 0.1) is 5.60 Å². The molecule has 0 aliphatic rings. The molecule has 4 nitrogen and oxygen atoms in total. The van der Waals surface area contributed by atoms with Crippen molar-refractivity contribution < 1.29 is 4.74 Å². The van der Waals surface area contributed by atoms with Crippen molar-refractivity contribution in [3.8, 4) is 0 Å². The van der Waals surface area contributed by atoms with E-state index in [0.29, 0.717) is 6.61 Å². The molecule has 4 heteroatoms. The van der Waals surface area contributed by atoms with Gasteiger partial charge in [0, 0.05) is 7.05 Å². The van der Waals surface area contributed by atoms with Gasteiger partial charge in [-0.25, -0.2) is 4.98 Å². The van der Waals surface area contributed by atoms with Crippen LogP contribution in [0.3, 0.4) is 0 Å². The molecule has 0 radical (unpaired) electrons. The summed E-state index contributed by atoms with van der Waals surface area (Å²) in [6.07, 6.45) is 1.67. The highest BCUT2D eigenvalue weighted by Crippen LogP contribution is 2.08. The van der Waals surface area contributed by atoms with Gasteiger partial charge in [0.2, 0.25) is 0 Å². The molecule has 0 N–H and O–H groups in total. The fourth-order valence-electron chi connectivity index (χ4n) is 0.731. The normalized spacial score (nSPS) is 12.0. The summed E-state index contributed by atoms with van der Waals surface area (Å²) < 4.78 is 7.16. The van der Waals surface area contributed by atoms with Crippen LogP contribution < -0.4 is 0 Å². The van der Waals surface area contributed by atoms with E-state index in [1.165, 1.54) is 0 Å². The number of hydrogen-bond acceptors (Lipinski definition) is 3. The molecule has 0 bridgehead atoms. The maximum atomic E-state index is 5.49. The van der Waals surface area contributed by atoms with Gasteiger partial charge >= 0.3 is 0 Å². The minimum Gasteiger partial charge on any atom is -0.368 e. The lowest BCUT2D eigenvalue weighted by Gasteiger charge is -2.17. The van der Waals surface area contributed by atoms with Crippen LogP contribution in [0.1, 0.15) is 26.6 Å². The SMILES string of the molecule is Cn1cnc(COC(C)(C)C)n1. The lowest BCUT2D eigenvalue weighted by atomic mass is 10.2. The van der Waals surface area contributed by atoms with Crippen LogP contribution in [-0.4, -0.2) is 20.4 Å². The van der Waals surface area contributed by atoms with Gasteiger partial charge in [0.15, 0.2) is 5.82 Å². The van der Waals surface area contributed by atoms with Crippen molar-refractivity contribution in [2.45, 2.75) is 33.0 Å². The van der Waals surface area contributed by atoms with Gasteiger partial charge in [-0.3, -0.25) is 4.68 Å². The molecule has 0 aliphatic heterocycles. The fraction of sp³-hybridized carbons (Fsp3) is 0.750. The molecule has 0 saturated carbocycles. The number of rotatable bonds is 2. The number of nitrogens with zero attached hydrogens (tertiary/aromatic N) is 3. The molecular weight excluding hydrogens is 154 g/mol. The Bertz CT molecular complexity index is 249. The second-order valence-electron chi connectivity index (χ2n) is 3.74. The molecule has 1 rings (SSSR count). The monoisotopic (exact) mass is 169 g/mol. The Kier molecular flexibility index (Phi) is 2.47. The molecule has 1 heterocycles. The number of hydrogen-bond donors (Lipinski definition) is 0. The molecule has 0 aliphatic carbocycles.